The number of hydrogen-bond acceptors (Lipinski definition) is 4. The fourth-order valence-corrected chi connectivity index (χ4v) is 2.26. The molecular formula is C15H15BrN2O3. The van der Waals surface area contributed by atoms with Gasteiger partial charge in [0, 0.05) is 21.9 Å². The van der Waals surface area contributed by atoms with Crippen molar-refractivity contribution in [2.45, 2.75) is 0 Å². The van der Waals surface area contributed by atoms with Gasteiger partial charge in [0.1, 0.15) is 0 Å². The Morgan fingerprint density at radius 1 is 1.14 bits per heavy atom. The number of rotatable bonds is 4. The minimum absolute atomic E-state index is 0.313. The molecule has 2 rings (SSSR count). The van der Waals surface area contributed by atoms with Gasteiger partial charge in [-0.2, -0.15) is 0 Å². The van der Waals surface area contributed by atoms with Crippen molar-refractivity contribution in [3.05, 3.63) is 46.4 Å². The van der Waals surface area contributed by atoms with Crippen molar-refractivity contribution >= 4 is 33.2 Å². The van der Waals surface area contributed by atoms with E-state index >= 15 is 0 Å². The summed E-state index contributed by atoms with van der Waals surface area (Å²) in [6.45, 7) is 0. The van der Waals surface area contributed by atoms with Crippen LogP contribution < -0.4 is 20.5 Å². The highest BCUT2D eigenvalue weighted by molar-refractivity contribution is 9.10. The maximum absolute atomic E-state index is 12.3. The monoisotopic (exact) mass is 350 g/mol. The third-order valence-corrected chi connectivity index (χ3v) is 3.38. The molecule has 5 nitrogen and oxygen atoms in total. The third kappa shape index (κ3) is 3.46. The fourth-order valence-electron chi connectivity index (χ4n) is 1.86. The molecule has 0 aromatic heterocycles. The van der Waals surface area contributed by atoms with Crippen molar-refractivity contribution in [1.82, 2.24) is 0 Å². The Morgan fingerprint density at radius 3 is 2.43 bits per heavy atom. The molecule has 3 N–H and O–H groups in total. The number of ether oxygens (including phenoxy) is 2. The van der Waals surface area contributed by atoms with Gasteiger partial charge in [0.25, 0.3) is 5.91 Å². The van der Waals surface area contributed by atoms with Crippen LogP contribution in [0.5, 0.6) is 11.5 Å². The second-order valence-electron chi connectivity index (χ2n) is 4.26. The van der Waals surface area contributed by atoms with Crippen LogP contribution in [0.15, 0.2) is 40.9 Å². The van der Waals surface area contributed by atoms with E-state index in [1.165, 1.54) is 14.2 Å². The Hall–Kier alpha value is -2.21. The molecule has 0 aliphatic carbocycles. The van der Waals surface area contributed by atoms with Gasteiger partial charge in [-0.15, -0.1) is 0 Å². The van der Waals surface area contributed by atoms with E-state index in [2.05, 4.69) is 21.2 Å². The number of nitrogen functional groups attached to an aromatic ring is 1. The van der Waals surface area contributed by atoms with E-state index in [4.69, 9.17) is 15.2 Å². The van der Waals surface area contributed by atoms with Gasteiger partial charge in [0.05, 0.1) is 19.8 Å². The topological polar surface area (TPSA) is 73.6 Å². The van der Waals surface area contributed by atoms with Gasteiger partial charge in [-0.1, -0.05) is 22.0 Å². The molecule has 6 heteroatoms. The van der Waals surface area contributed by atoms with Gasteiger partial charge >= 0.3 is 0 Å². The molecule has 0 fully saturated rings. The molecule has 0 bridgehead atoms. The lowest BCUT2D eigenvalue weighted by atomic mass is 10.1. The van der Waals surface area contributed by atoms with E-state index in [9.17, 15) is 4.79 Å². The summed E-state index contributed by atoms with van der Waals surface area (Å²) in [4.78, 5) is 12.3. The molecular weight excluding hydrogens is 336 g/mol. The minimum Gasteiger partial charge on any atom is -0.493 e. The van der Waals surface area contributed by atoms with E-state index in [-0.39, 0.29) is 5.91 Å². The van der Waals surface area contributed by atoms with Gasteiger partial charge in [0.15, 0.2) is 11.5 Å². The smallest absolute Gasteiger partial charge is 0.257 e. The SMILES string of the molecule is COc1cc(N)c(C(=O)Nc2cccc(Br)c2)cc1OC. The summed E-state index contributed by atoms with van der Waals surface area (Å²) in [6, 6.07) is 10.4. The fraction of sp³-hybridized carbons (Fsp3) is 0.133. The van der Waals surface area contributed by atoms with E-state index in [0.29, 0.717) is 28.4 Å². The van der Waals surface area contributed by atoms with Crippen LogP contribution >= 0.6 is 15.9 Å². The predicted molar refractivity (Wildman–Crippen MR) is 86.1 cm³/mol. The number of carbonyl (C=O) groups excluding carboxylic acids is 1. The molecule has 0 spiro atoms. The molecule has 1 amide bonds. The highest BCUT2D eigenvalue weighted by atomic mass is 79.9. The largest absolute Gasteiger partial charge is 0.493 e. The van der Waals surface area contributed by atoms with Crippen molar-refractivity contribution in [1.29, 1.82) is 0 Å². The molecule has 0 aliphatic rings. The molecule has 110 valence electrons. The third-order valence-electron chi connectivity index (χ3n) is 2.88. The first-order valence-electron chi connectivity index (χ1n) is 6.13. The first kappa shape index (κ1) is 15.2. The number of methoxy groups -OCH3 is 2. The Labute approximate surface area is 131 Å². The number of anilines is 2. The van der Waals surface area contributed by atoms with Crippen LogP contribution in [0.2, 0.25) is 0 Å². The van der Waals surface area contributed by atoms with Crippen molar-refractivity contribution in [3.8, 4) is 11.5 Å². The van der Waals surface area contributed by atoms with E-state index in [1.54, 1.807) is 24.3 Å². The van der Waals surface area contributed by atoms with E-state index < -0.39 is 0 Å². The molecule has 21 heavy (non-hydrogen) atoms. The quantitative estimate of drug-likeness (QED) is 0.829. The van der Waals surface area contributed by atoms with Crippen LogP contribution in [-0.4, -0.2) is 20.1 Å². The van der Waals surface area contributed by atoms with Gasteiger partial charge in [-0.3, -0.25) is 4.79 Å². The summed E-state index contributed by atoms with van der Waals surface area (Å²) in [6.07, 6.45) is 0. The predicted octanol–water partition coefficient (Wildman–Crippen LogP) is 3.30. The van der Waals surface area contributed by atoms with Gasteiger partial charge in [-0.25, -0.2) is 0 Å². The van der Waals surface area contributed by atoms with Gasteiger partial charge in [0.2, 0.25) is 0 Å². The molecule has 2 aromatic rings. The lowest BCUT2D eigenvalue weighted by Crippen LogP contribution is -2.14. The van der Waals surface area contributed by atoms with E-state index in [0.717, 1.165) is 4.47 Å². The van der Waals surface area contributed by atoms with Crippen LogP contribution in [0.1, 0.15) is 10.4 Å². The molecule has 0 unspecified atom stereocenters. The standard InChI is InChI=1S/C15H15BrN2O3/c1-20-13-7-11(12(17)8-14(13)21-2)15(19)18-10-5-3-4-9(16)6-10/h3-8H,17H2,1-2H3,(H,18,19). The number of amides is 1. The lowest BCUT2D eigenvalue weighted by Gasteiger charge is -2.12. The Morgan fingerprint density at radius 2 is 1.81 bits per heavy atom. The van der Waals surface area contributed by atoms with Crippen molar-refractivity contribution in [3.63, 3.8) is 0 Å². The molecule has 2 aromatic carbocycles. The molecule has 0 saturated heterocycles. The number of nitrogens with one attached hydrogen (secondary N) is 1. The molecule has 0 radical (unpaired) electrons. The average Bonchev–Trinajstić information content (AvgIpc) is 2.46. The summed E-state index contributed by atoms with van der Waals surface area (Å²) in [5, 5.41) is 2.78. The van der Waals surface area contributed by atoms with Crippen molar-refractivity contribution in [2.24, 2.45) is 0 Å². The molecule has 0 saturated carbocycles. The summed E-state index contributed by atoms with van der Waals surface area (Å²) in [5.41, 5.74) is 7.22. The Bertz CT molecular complexity index is 674. The van der Waals surface area contributed by atoms with Crippen molar-refractivity contribution in [2.75, 3.05) is 25.3 Å². The Balaban J connectivity index is 2.31. The van der Waals surface area contributed by atoms with Gasteiger partial charge < -0.3 is 20.5 Å². The second-order valence-corrected chi connectivity index (χ2v) is 5.17. The number of halogens is 1. The zero-order valence-electron chi connectivity index (χ0n) is 11.6. The molecule has 0 aliphatic heterocycles. The summed E-state index contributed by atoms with van der Waals surface area (Å²) in [7, 11) is 3.02. The van der Waals surface area contributed by atoms with E-state index in [1.807, 2.05) is 12.1 Å². The molecule has 0 atom stereocenters. The number of carbonyl (C=O) groups is 1. The lowest BCUT2D eigenvalue weighted by molar-refractivity contribution is 0.102. The normalized spacial score (nSPS) is 10.0. The number of hydrogen-bond donors (Lipinski definition) is 2. The first-order chi connectivity index (χ1) is 10.0. The van der Waals surface area contributed by atoms with Crippen LogP contribution in [0, 0.1) is 0 Å². The van der Waals surface area contributed by atoms with Crippen LogP contribution in [0.4, 0.5) is 11.4 Å². The van der Waals surface area contributed by atoms with Crippen molar-refractivity contribution < 1.29 is 14.3 Å². The zero-order chi connectivity index (χ0) is 15.4. The van der Waals surface area contributed by atoms with Gasteiger partial charge in [-0.05, 0) is 24.3 Å². The maximum Gasteiger partial charge on any atom is 0.257 e. The van der Waals surface area contributed by atoms with Crippen LogP contribution in [0.25, 0.3) is 0 Å². The van der Waals surface area contributed by atoms with Crippen LogP contribution in [0.3, 0.4) is 0 Å². The summed E-state index contributed by atoms with van der Waals surface area (Å²) < 4.78 is 11.2. The zero-order valence-corrected chi connectivity index (χ0v) is 13.2. The summed E-state index contributed by atoms with van der Waals surface area (Å²) in [5.74, 6) is 0.617. The highest BCUT2D eigenvalue weighted by Gasteiger charge is 2.15. The number of benzene rings is 2. The maximum atomic E-state index is 12.3. The Kier molecular flexibility index (Phi) is 4.70. The second kappa shape index (κ2) is 6.49. The minimum atomic E-state index is -0.313. The highest BCUT2D eigenvalue weighted by Crippen LogP contribution is 2.32. The average molecular weight is 351 g/mol. The number of nitrogens with two attached hydrogens (primary N) is 1. The molecule has 0 heterocycles. The van der Waals surface area contributed by atoms with Crippen LogP contribution in [-0.2, 0) is 0 Å². The first-order valence-corrected chi connectivity index (χ1v) is 6.93. The summed E-state index contributed by atoms with van der Waals surface area (Å²) >= 11 is 3.35.